The van der Waals surface area contributed by atoms with Crippen LogP contribution in [-0.4, -0.2) is 18.3 Å². The fraction of sp³-hybridized carbons (Fsp3) is 0.571. The van der Waals surface area contributed by atoms with Crippen LogP contribution in [0.1, 0.15) is 32.3 Å². The van der Waals surface area contributed by atoms with Crippen molar-refractivity contribution >= 4 is 0 Å². The second-order valence-electron chi connectivity index (χ2n) is 4.34. The molecule has 0 aromatic heterocycles. The standard InChI is InChI=1S/C14H22O2/c1-4-11(2)14(15)10-7-12-5-8-13(16-3)9-6-12/h5-6,8-9,11,14-15H,4,7,10H2,1-3H3. The minimum atomic E-state index is -0.188. The molecule has 0 aliphatic carbocycles. The number of hydrogen-bond donors (Lipinski definition) is 1. The van der Waals surface area contributed by atoms with Gasteiger partial charge in [0.1, 0.15) is 5.75 Å². The smallest absolute Gasteiger partial charge is 0.118 e. The van der Waals surface area contributed by atoms with Gasteiger partial charge in [0.25, 0.3) is 0 Å². The van der Waals surface area contributed by atoms with Crippen molar-refractivity contribution in [1.29, 1.82) is 0 Å². The lowest BCUT2D eigenvalue weighted by atomic mass is 9.96. The van der Waals surface area contributed by atoms with Gasteiger partial charge in [0.15, 0.2) is 0 Å². The number of ether oxygens (including phenoxy) is 1. The van der Waals surface area contributed by atoms with Gasteiger partial charge in [0.05, 0.1) is 13.2 Å². The van der Waals surface area contributed by atoms with Crippen molar-refractivity contribution in [1.82, 2.24) is 0 Å². The van der Waals surface area contributed by atoms with Gasteiger partial charge in [-0.05, 0) is 36.5 Å². The van der Waals surface area contributed by atoms with Crippen molar-refractivity contribution in [2.45, 2.75) is 39.2 Å². The molecule has 90 valence electrons. The van der Waals surface area contributed by atoms with Crippen molar-refractivity contribution in [3.8, 4) is 5.75 Å². The molecule has 2 heteroatoms. The first-order valence-corrected chi connectivity index (χ1v) is 5.98. The van der Waals surface area contributed by atoms with Crippen LogP contribution in [0.15, 0.2) is 24.3 Å². The van der Waals surface area contributed by atoms with Crippen molar-refractivity contribution in [2.24, 2.45) is 5.92 Å². The van der Waals surface area contributed by atoms with Gasteiger partial charge in [-0.3, -0.25) is 0 Å². The van der Waals surface area contributed by atoms with Gasteiger partial charge in [-0.1, -0.05) is 32.4 Å². The molecule has 2 unspecified atom stereocenters. The number of aliphatic hydroxyl groups is 1. The van der Waals surface area contributed by atoms with Crippen LogP contribution in [0.5, 0.6) is 5.75 Å². The van der Waals surface area contributed by atoms with E-state index in [-0.39, 0.29) is 6.10 Å². The first kappa shape index (κ1) is 13.0. The summed E-state index contributed by atoms with van der Waals surface area (Å²) >= 11 is 0. The zero-order chi connectivity index (χ0) is 12.0. The monoisotopic (exact) mass is 222 g/mol. The van der Waals surface area contributed by atoms with Crippen molar-refractivity contribution < 1.29 is 9.84 Å². The normalized spacial score (nSPS) is 14.5. The molecule has 0 amide bonds. The highest BCUT2D eigenvalue weighted by atomic mass is 16.5. The molecule has 0 fully saturated rings. The summed E-state index contributed by atoms with van der Waals surface area (Å²) in [6.45, 7) is 4.21. The average molecular weight is 222 g/mol. The van der Waals surface area contributed by atoms with Crippen LogP contribution >= 0.6 is 0 Å². The molecule has 0 saturated heterocycles. The third-order valence-corrected chi connectivity index (χ3v) is 3.19. The predicted octanol–water partition coefficient (Wildman–Crippen LogP) is 3.03. The maximum Gasteiger partial charge on any atom is 0.118 e. The number of aryl methyl sites for hydroxylation is 1. The van der Waals surface area contributed by atoms with E-state index in [1.165, 1.54) is 5.56 Å². The van der Waals surface area contributed by atoms with E-state index in [0.29, 0.717) is 5.92 Å². The lowest BCUT2D eigenvalue weighted by Crippen LogP contribution is -2.17. The van der Waals surface area contributed by atoms with E-state index in [9.17, 15) is 5.11 Å². The summed E-state index contributed by atoms with van der Waals surface area (Å²) in [4.78, 5) is 0. The topological polar surface area (TPSA) is 29.5 Å². The van der Waals surface area contributed by atoms with Crippen LogP contribution in [0.2, 0.25) is 0 Å². The number of rotatable bonds is 6. The van der Waals surface area contributed by atoms with E-state index < -0.39 is 0 Å². The highest BCUT2D eigenvalue weighted by Gasteiger charge is 2.11. The van der Waals surface area contributed by atoms with Gasteiger partial charge in [0.2, 0.25) is 0 Å². The number of methoxy groups -OCH3 is 1. The van der Waals surface area contributed by atoms with Crippen LogP contribution in [-0.2, 0) is 6.42 Å². The summed E-state index contributed by atoms with van der Waals surface area (Å²) in [7, 11) is 1.67. The Morgan fingerprint density at radius 3 is 2.38 bits per heavy atom. The van der Waals surface area contributed by atoms with E-state index in [4.69, 9.17) is 4.74 Å². The van der Waals surface area contributed by atoms with Gasteiger partial charge < -0.3 is 9.84 Å². The highest BCUT2D eigenvalue weighted by Crippen LogP contribution is 2.16. The van der Waals surface area contributed by atoms with Crippen LogP contribution in [0, 0.1) is 5.92 Å². The lowest BCUT2D eigenvalue weighted by molar-refractivity contribution is 0.106. The molecule has 16 heavy (non-hydrogen) atoms. The Morgan fingerprint density at radius 2 is 1.88 bits per heavy atom. The maximum atomic E-state index is 9.86. The minimum absolute atomic E-state index is 0.188. The Hall–Kier alpha value is -1.02. The lowest BCUT2D eigenvalue weighted by Gasteiger charge is -2.16. The molecule has 2 atom stereocenters. The molecular formula is C14H22O2. The summed E-state index contributed by atoms with van der Waals surface area (Å²) in [6.07, 6.45) is 2.60. The molecule has 0 aliphatic rings. The average Bonchev–Trinajstić information content (AvgIpc) is 2.35. The Bertz CT molecular complexity index is 292. The Balaban J connectivity index is 2.42. The minimum Gasteiger partial charge on any atom is -0.497 e. The van der Waals surface area contributed by atoms with Gasteiger partial charge in [0, 0.05) is 0 Å². The summed E-state index contributed by atoms with van der Waals surface area (Å²) in [5, 5.41) is 9.86. The van der Waals surface area contributed by atoms with E-state index in [1.807, 2.05) is 12.1 Å². The van der Waals surface area contributed by atoms with Gasteiger partial charge in [-0.2, -0.15) is 0 Å². The molecule has 1 aromatic rings. The summed E-state index contributed by atoms with van der Waals surface area (Å²) in [5.74, 6) is 1.27. The van der Waals surface area contributed by atoms with Crippen LogP contribution in [0.3, 0.4) is 0 Å². The number of hydrogen-bond acceptors (Lipinski definition) is 2. The first-order chi connectivity index (χ1) is 7.67. The maximum absolute atomic E-state index is 9.86. The molecule has 2 nitrogen and oxygen atoms in total. The second-order valence-corrected chi connectivity index (χ2v) is 4.34. The third kappa shape index (κ3) is 3.86. The van der Waals surface area contributed by atoms with Crippen LogP contribution in [0.25, 0.3) is 0 Å². The zero-order valence-corrected chi connectivity index (χ0v) is 10.4. The molecule has 1 N–H and O–H groups in total. The second kappa shape index (κ2) is 6.54. The molecule has 0 heterocycles. The summed E-state index contributed by atoms with van der Waals surface area (Å²) in [6, 6.07) is 8.04. The Kier molecular flexibility index (Phi) is 5.33. The number of aliphatic hydroxyl groups excluding tert-OH is 1. The largest absolute Gasteiger partial charge is 0.497 e. The van der Waals surface area contributed by atoms with Crippen molar-refractivity contribution in [3.63, 3.8) is 0 Å². The molecule has 0 aliphatic heterocycles. The molecule has 0 radical (unpaired) electrons. The van der Waals surface area contributed by atoms with E-state index in [0.717, 1.165) is 25.0 Å². The van der Waals surface area contributed by atoms with Crippen molar-refractivity contribution in [3.05, 3.63) is 29.8 Å². The molecule has 0 spiro atoms. The van der Waals surface area contributed by atoms with E-state index in [1.54, 1.807) is 7.11 Å². The summed E-state index contributed by atoms with van der Waals surface area (Å²) in [5.41, 5.74) is 1.25. The predicted molar refractivity (Wildman–Crippen MR) is 66.8 cm³/mol. The molecule has 0 bridgehead atoms. The van der Waals surface area contributed by atoms with Gasteiger partial charge >= 0.3 is 0 Å². The highest BCUT2D eigenvalue weighted by molar-refractivity contribution is 5.27. The molecule has 1 aromatic carbocycles. The Morgan fingerprint density at radius 1 is 1.25 bits per heavy atom. The van der Waals surface area contributed by atoms with E-state index >= 15 is 0 Å². The fourth-order valence-electron chi connectivity index (χ4n) is 1.66. The summed E-state index contributed by atoms with van der Waals surface area (Å²) < 4.78 is 5.10. The van der Waals surface area contributed by atoms with Crippen LogP contribution in [0.4, 0.5) is 0 Å². The van der Waals surface area contributed by atoms with Gasteiger partial charge in [-0.25, -0.2) is 0 Å². The molecule has 1 rings (SSSR count). The van der Waals surface area contributed by atoms with E-state index in [2.05, 4.69) is 26.0 Å². The SMILES string of the molecule is CCC(C)C(O)CCc1ccc(OC)cc1. The quantitative estimate of drug-likeness (QED) is 0.801. The Labute approximate surface area is 98.3 Å². The van der Waals surface area contributed by atoms with Gasteiger partial charge in [-0.15, -0.1) is 0 Å². The molecule has 0 saturated carbocycles. The number of benzene rings is 1. The first-order valence-electron chi connectivity index (χ1n) is 5.98. The van der Waals surface area contributed by atoms with Crippen LogP contribution < -0.4 is 4.74 Å². The molecular weight excluding hydrogens is 200 g/mol. The fourth-order valence-corrected chi connectivity index (χ4v) is 1.66. The van der Waals surface area contributed by atoms with Crippen molar-refractivity contribution in [2.75, 3.05) is 7.11 Å². The zero-order valence-electron chi connectivity index (χ0n) is 10.4. The third-order valence-electron chi connectivity index (χ3n) is 3.19.